The Balaban J connectivity index is 0.000000190. The maximum absolute atomic E-state index is 12.5. The van der Waals surface area contributed by atoms with E-state index in [0.717, 1.165) is 62.3 Å². The van der Waals surface area contributed by atoms with Crippen LogP contribution in [0.5, 0.6) is 0 Å². The summed E-state index contributed by atoms with van der Waals surface area (Å²) in [7, 11) is 0. The second-order valence-corrected chi connectivity index (χ2v) is 9.89. The SMILES string of the molecule is Cc1ccc2c(/C=C/c3ccc(CN4CCOCC4)cc3)n[nH]c2c1.O=C(Nc1ccc(F)cc1)C1CC1. The molecule has 1 saturated carbocycles. The van der Waals surface area contributed by atoms with Crippen molar-refractivity contribution in [1.29, 1.82) is 0 Å². The van der Waals surface area contributed by atoms with Crippen LogP contribution < -0.4 is 5.32 Å². The number of benzene rings is 3. The number of carbonyl (C=O) groups excluding carboxylic acids is 1. The third kappa shape index (κ3) is 7.15. The molecule has 2 N–H and O–H groups in total. The molecule has 2 aliphatic rings. The van der Waals surface area contributed by atoms with Crippen molar-refractivity contribution in [2.24, 2.45) is 5.92 Å². The topological polar surface area (TPSA) is 70.2 Å². The van der Waals surface area contributed by atoms with E-state index in [4.69, 9.17) is 4.74 Å². The summed E-state index contributed by atoms with van der Waals surface area (Å²) < 4.78 is 17.9. The van der Waals surface area contributed by atoms with Crippen LogP contribution >= 0.6 is 0 Å². The van der Waals surface area contributed by atoms with Crippen molar-refractivity contribution in [3.63, 3.8) is 0 Å². The standard InChI is InChI=1S/C21H23N3O.C10H10FNO/c1-16-2-8-19-20(22-23-21(19)14-16)9-7-17-3-5-18(6-4-17)15-24-10-12-25-13-11-24;11-8-3-5-9(6-4-8)12-10(13)7-1-2-7/h2-9,14H,10-13,15H2,1H3,(H,22,23);3-7H,1-2H2,(H,12,13)/b9-7+;. The number of fused-ring (bicyclic) bond motifs is 1. The zero-order valence-electron chi connectivity index (χ0n) is 21.6. The molecule has 1 aliphatic carbocycles. The second kappa shape index (κ2) is 12.2. The minimum absolute atomic E-state index is 0.0478. The summed E-state index contributed by atoms with van der Waals surface area (Å²) in [5, 5.41) is 11.4. The van der Waals surface area contributed by atoms with Gasteiger partial charge in [0.2, 0.25) is 5.91 Å². The monoisotopic (exact) mass is 512 g/mol. The number of aromatic amines is 1. The van der Waals surface area contributed by atoms with Gasteiger partial charge in [-0.3, -0.25) is 14.8 Å². The average Bonchev–Trinajstić information content (AvgIpc) is 3.72. The Morgan fingerprint density at radius 1 is 1.05 bits per heavy atom. The van der Waals surface area contributed by atoms with Gasteiger partial charge in [0.1, 0.15) is 5.82 Å². The van der Waals surface area contributed by atoms with E-state index in [2.05, 4.69) is 82.0 Å². The molecule has 0 bridgehead atoms. The third-order valence-electron chi connectivity index (χ3n) is 6.73. The van der Waals surface area contributed by atoms with E-state index >= 15 is 0 Å². The number of nitrogens with one attached hydrogen (secondary N) is 2. The molecule has 6 rings (SSSR count). The lowest BCUT2D eigenvalue weighted by Gasteiger charge is -2.26. The molecule has 196 valence electrons. The highest BCUT2D eigenvalue weighted by Crippen LogP contribution is 2.30. The Morgan fingerprint density at radius 2 is 1.79 bits per heavy atom. The highest BCUT2D eigenvalue weighted by Gasteiger charge is 2.29. The molecule has 0 radical (unpaired) electrons. The largest absolute Gasteiger partial charge is 0.379 e. The first kappa shape index (κ1) is 25.8. The molecule has 0 atom stereocenters. The Labute approximate surface area is 222 Å². The normalized spacial score (nSPS) is 15.8. The Morgan fingerprint density at radius 3 is 2.50 bits per heavy atom. The molecule has 2 heterocycles. The summed E-state index contributed by atoms with van der Waals surface area (Å²) in [6, 6.07) is 20.9. The molecule has 7 heteroatoms. The average molecular weight is 513 g/mol. The molecule has 1 amide bonds. The van der Waals surface area contributed by atoms with Crippen LogP contribution in [0.4, 0.5) is 10.1 Å². The van der Waals surface area contributed by atoms with Gasteiger partial charge in [-0.1, -0.05) is 42.5 Å². The van der Waals surface area contributed by atoms with Crippen LogP contribution in [-0.4, -0.2) is 47.3 Å². The van der Waals surface area contributed by atoms with Gasteiger partial charge in [0, 0.05) is 36.6 Å². The van der Waals surface area contributed by atoms with E-state index in [1.54, 1.807) is 12.1 Å². The van der Waals surface area contributed by atoms with Crippen molar-refractivity contribution in [3.8, 4) is 0 Å². The van der Waals surface area contributed by atoms with Gasteiger partial charge in [-0.25, -0.2) is 4.39 Å². The smallest absolute Gasteiger partial charge is 0.227 e. The lowest BCUT2D eigenvalue weighted by atomic mass is 10.1. The highest BCUT2D eigenvalue weighted by atomic mass is 19.1. The fraction of sp³-hybridized carbons (Fsp3) is 0.290. The fourth-order valence-electron chi connectivity index (χ4n) is 4.33. The molecular weight excluding hydrogens is 479 g/mol. The Bertz CT molecular complexity index is 1390. The summed E-state index contributed by atoms with van der Waals surface area (Å²) in [6.45, 7) is 6.82. The molecule has 6 nitrogen and oxygen atoms in total. The van der Waals surface area contributed by atoms with Crippen molar-refractivity contribution in [2.75, 3.05) is 31.6 Å². The van der Waals surface area contributed by atoms with Gasteiger partial charge in [0.05, 0.1) is 24.4 Å². The molecule has 2 fully saturated rings. The van der Waals surface area contributed by atoms with Crippen LogP contribution in [0.15, 0.2) is 66.7 Å². The molecule has 38 heavy (non-hydrogen) atoms. The number of nitrogens with zero attached hydrogens (tertiary/aromatic N) is 2. The molecule has 0 spiro atoms. The van der Waals surface area contributed by atoms with E-state index in [1.165, 1.54) is 28.8 Å². The first-order valence-electron chi connectivity index (χ1n) is 13.1. The highest BCUT2D eigenvalue weighted by molar-refractivity contribution is 5.94. The minimum Gasteiger partial charge on any atom is -0.379 e. The van der Waals surface area contributed by atoms with Crippen molar-refractivity contribution >= 4 is 34.6 Å². The maximum Gasteiger partial charge on any atom is 0.227 e. The zero-order valence-corrected chi connectivity index (χ0v) is 21.6. The lowest BCUT2D eigenvalue weighted by molar-refractivity contribution is -0.117. The van der Waals surface area contributed by atoms with Gasteiger partial charge >= 0.3 is 0 Å². The van der Waals surface area contributed by atoms with Crippen LogP contribution in [0.25, 0.3) is 23.1 Å². The summed E-state index contributed by atoms with van der Waals surface area (Å²) in [5.74, 6) is -0.0546. The summed E-state index contributed by atoms with van der Waals surface area (Å²) >= 11 is 0. The Hall–Kier alpha value is -3.81. The van der Waals surface area contributed by atoms with Crippen LogP contribution in [0, 0.1) is 18.7 Å². The van der Waals surface area contributed by atoms with E-state index in [9.17, 15) is 9.18 Å². The van der Waals surface area contributed by atoms with Crippen molar-refractivity contribution in [2.45, 2.75) is 26.3 Å². The zero-order chi connectivity index (χ0) is 26.3. The van der Waals surface area contributed by atoms with Gasteiger partial charge in [-0.15, -0.1) is 0 Å². The number of carbonyl (C=O) groups is 1. The molecule has 1 aliphatic heterocycles. The number of halogens is 1. The van der Waals surface area contributed by atoms with Crippen LogP contribution in [-0.2, 0) is 16.1 Å². The molecule has 0 unspecified atom stereocenters. The number of aromatic nitrogens is 2. The van der Waals surface area contributed by atoms with E-state index < -0.39 is 0 Å². The van der Waals surface area contributed by atoms with Gasteiger partial charge in [0.15, 0.2) is 0 Å². The fourth-order valence-corrected chi connectivity index (χ4v) is 4.33. The van der Waals surface area contributed by atoms with Crippen LogP contribution in [0.3, 0.4) is 0 Å². The van der Waals surface area contributed by atoms with Gasteiger partial charge in [-0.05, 0) is 72.9 Å². The van der Waals surface area contributed by atoms with Gasteiger partial charge in [0.25, 0.3) is 0 Å². The number of morpholine rings is 1. The number of aryl methyl sites for hydroxylation is 1. The van der Waals surface area contributed by atoms with Crippen molar-refractivity contribution < 1.29 is 13.9 Å². The lowest BCUT2D eigenvalue weighted by Crippen LogP contribution is -2.35. The molecule has 1 aromatic heterocycles. The third-order valence-corrected chi connectivity index (χ3v) is 6.73. The maximum atomic E-state index is 12.5. The van der Waals surface area contributed by atoms with Gasteiger partial charge < -0.3 is 10.1 Å². The Kier molecular flexibility index (Phi) is 8.26. The number of ether oxygens (including phenoxy) is 1. The predicted octanol–water partition coefficient (Wildman–Crippen LogP) is 6.05. The summed E-state index contributed by atoms with van der Waals surface area (Å²) in [5.41, 5.74) is 6.50. The summed E-state index contributed by atoms with van der Waals surface area (Å²) in [4.78, 5) is 13.7. The van der Waals surface area contributed by atoms with Crippen molar-refractivity contribution in [3.05, 3.63) is 94.9 Å². The van der Waals surface area contributed by atoms with Crippen LogP contribution in [0.2, 0.25) is 0 Å². The van der Waals surface area contributed by atoms with E-state index in [-0.39, 0.29) is 17.6 Å². The van der Waals surface area contributed by atoms with E-state index in [1.807, 2.05) is 0 Å². The molecule has 3 aromatic carbocycles. The first-order chi connectivity index (χ1) is 18.5. The van der Waals surface area contributed by atoms with E-state index in [0.29, 0.717) is 5.69 Å². The first-order valence-corrected chi connectivity index (χ1v) is 13.1. The number of anilines is 1. The van der Waals surface area contributed by atoms with Crippen LogP contribution in [0.1, 0.15) is 35.2 Å². The summed E-state index contributed by atoms with van der Waals surface area (Å²) in [6.07, 6.45) is 6.15. The minimum atomic E-state index is -0.288. The number of hydrogen-bond donors (Lipinski definition) is 2. The second-order valence-electron chi connectivity index (χ2n) is 9.89. The number of hydrogen-bond acceptors (Lipinski definition) is 4. The molecule has 1 saturated heterocycles. The quantitative estimate of drug-likeness (QED) is 0.330. The molecule has 4 aromatic rings. The number of rotatable bonds is 6. The predicted molar refractivity (Wildman–Crippen MR) is 150 cm³/mol. The molecular formula is C31H33FN4O2. The van der Waals surface area contributed by atoms with Gasteiger partial charge in [-0.2, -0.15) is 5.10 Å². The van der Waals surface area contributed by atoms with Crippen molar-refractivity contribution in [1.82, 2.24) is 15.1 Å². The number of amides is 1. The number of H-pyrrole nitrogens is 1.